The lowest BCUT2D eigenvalue weighted by Gasteiger charge is -2.25. The molecular weight excluding hydrogens is 552 g/mol. The van der Waals surface area contributed by atoms with E-state index in [9.17, 15) is 9.59 Å². The molecule has 2 aliphatic rings. The molecule has 44 heavy (non-hydrogen) atoms. The fourth-order valence-electron chi connectivity index (χ4n) is 7.34. The Bertz CT molecular complexity index is 1400. The first kappa shape index (κ1) is 32.1. The molecule has 2 unspecified atom stereocenters. The van der Waals surface area contributed by atoms with E-state index in [1.165, 1.54) is 64.2 Å². The smallest absolute Gasteiger partial charge is 0.344 e. The SMILES string of the molecule is CCc1ccc2c(OCC(=O)OC(C)CC3CCCCC3)c3ccccc3c(OCC(=O)OC(C)CC3CCCCC3)c2c1. The Morgan fingerprint density at radius 1 is 0.659 bits per heavy atom. The number of aryl methyl sites for hydroxylation is 1. The lowest BCUT2D eigenvalue weighted by molar-refractivity contribution is -0.152. The summed E-state index contributed by atoms with van der Waals surface area (Å²) in [5, 5.41) is 3.32. The molecule has 2 saturated carbocycles. The number of fused-ring (bicyclic) bond motifs is 2. The molecule has 238 valence electrons. The minimum atomic E-state index is -0.360. The fraction of sp³-hybridized carbons (Fsp3) is 0.579. The minimum Gasteiger partial charge on any atom is -0.481 e. The quantitative estimate of drug-likeness (QED) is 0.144. The molecule has 0 saturated heterocycles. The molecule has 0 heterocycles. The van der Waals surface area contributed by atoms with E-state index in [2.05, 4.69) is 19.1 Å². The number of hydrogen-bond donors (Lipinski definition) is 0. The average molecular weight is 603 g/mol. The summed E-state index contributed by atoms with van der Waals surface area (Å²) in [6.45, 7) is 5.73. The van der Waals surface area contributed by atoms with E-state index in [0.717, 1.165) is 46.4 Å². The van der Waals surface area contributed by atoms with Crippen LogP contribution in [-0.4, -0.2) is 37.4 Å². The van der Waals surface area contributed by atoms with Crippen molar-refractivity contribution in [1.29, 1.82) is 0 Å². The van der Waals surface area contributed by atoms with Crippen LogP contribution in [0, 0.1) is 11.8 Å². The van der Waals surface area contributed by atoms with Crippen LogP contribution in [-0.2, 0) is 25.5 Å². The summed E-state index contributed by atoms with van der Waals surface area (Å²) in [7, 11) is 0. The Morgan fingerprint density at radius 2 is 1.11 bits per heavy atom. The number of hydrogen-bond acceptors (Lipinski definition) is 6. The first-order valence-corrected chi connectivity index (χ1v) is 17.0. The van der Waals surface area contributed by atoms with E-state index in [-0.39, 0.29) is 37.4 Å². The molecule has 2 atom stereocenters. The van der Waals surface area contributed by atoms with Crippen molar-refractivity contribution in [3.05, 3.63) is 48.0 Å². The Labute approximate surface area is 262 Å². The van der Waals surface area contributed by atoms with Gasteiger partial charge in [0.05, 0.1) is 12.2 Å². The zero-order valence-corrected chi connectivity index (χ0v) is 26.9. The number of esters is 2. The Balaban J connectivity index is 1.31. The van der Waals surface area contributed by atoms with Crippen molar-refractivity contribution in [1.82, 2.24) is 0 Å². The van der Waals surface area contributed by atoms with Gasteiger partial charge in [-0.25, -0.2) is 9.59 Å². The zero-order chi connectivity index (χ0) is 30.9. The molecule has 0 aromatic heterocycles. The standard InChI is InChI=1S/C38H50O6/c1-4-28-19-20-33-34(23-28)38(42-25-36(40)44-27(3)22-30-15-9-6-10-16-30)32-18-12-11-17-31(32)37(33)41-24-35(39)43-26(2)21-29-13-7-5-8-14-29/h11-12,17-20,23,26-27,29-30H,4-10,13-16,21-22,24-25H2,1-3H3. The molecule has 0 N–H and O–H groups in total. The van der Waals surface area contributed by atoms with Crippen LogP contribution in [0.1, 0.15) is 103 Å². The first-order chi connectivity index (χ1) is 21.4. The van der Waals surface area contributed by atoms with E-state index in [4.69, 9.17) is 18.9 Å². The molecule has 2 fully saturated rings. The molecule has 0 radical (unpaired) electrons. The molecule has 3 aromatic carbocycles. The second kappa shape index (κ2) is 15.6. The molecule has 5 rings (SSSR count). The van der Waals surface area contributed by atoms with Gasteiger partial charge in [-0.05, 0) is 56.6 Å². The molecule has 6 heteroatoms. The first-order valence-electron chi connectivity index (χ1n) is 17.0. The lowest BCUT2D eigenvalue weighted by atomic mass is 9.86. The number of rotatable bonds is 13. The molecule has 0 amide bonds. The minimum absolute atomic E-state index is 0.129. The monoisotopic (exact) mass is 602 g/mol. The third kappa shape index (κ3) is 8.46. The van der Waals surface area contributed by atoms with Crippen molar-refractivity contribution in [3.63, 3.8) is 0 Å². The lowest BCUT2D eigenvalue weighted by Crippen LogP contribution is -2.24. The van der Waals surface area contributed by atoms with Crippen molar-refractivity contribution in [2.24, 2.45) is 11.8 Å². The maximum atomic E-state index is 12.9. The number of ether oxygens (including phenoxy) is 4. The Hall–Kier alpha value is -3.28. The highest BCUT2D eigenvalue weighted by molar-refractivity contribution is 6.11. The Kier molecular flexibility index (Phi) is 11.4. The van der Waals surface area contributed by atoms with Gasteiger partial charge < -0.3 is 18.9 Å². The van der Waals surface area contributed by atoms with Gasteiger partial charge in [0.15, 0.2) is 13.2 Å². The second-order valence-electron chi connectivity index (χ2n) is 13.1. The van der Waals surface area contributed by atoms with Gasteiger partial charge in [-0.15, -0.1) is 0 Å². The van der Waals surface area contributed by atoms with Crippen LogP contribution in [0.5, 0.6) is 11.5 Å². The predicted molar refractivity (Wildman–Crippen MR) is 175 cm³/mol. The summed E-state index contributed by atoms with van der Waals surface area (Å²) in [6, 6.07) is 14.0. The molecular formula is C38H50O6. The maximum Gasteiger partial charge on any atom is 0.344 e. The highest BCUT2D eigenvalue weighted by atomic mass is 16.6. The van der Waals surface area contributed by atoms with Crippen LogP contribution in [0.2, 0.25) is 0 Å². The zero-order valence-electron chi connectivity index (χ0n) is 26.9. The summed E-state index contributed by atoms with van der Waals surface area (Å²) < 4.78 is 24.0. The molecule has 3 aromatic rings. The second-order valence-corrected chi connectivity index (χ2v) is 13.1. The number of carbonyl (C=O) groups is 2. The average Bonchev–Trinajstić information content (AvgIpc) is 3.03. The van der Waals surface area contributed by atoms with Crippen molar-refractivity contribution < 1.29 is 28.5 Å². The summed E-state index contributed by atoms with van der Waals surface area (Å²) >= 11 is 0. The van der Waals surface area contributed by atoms with Gasteiger partial charge in [0.2, 0.25) is 0 Å². The summed E-state index contributed by atoms with van der Waals surface area (Å²) in [6.07, 6.45) is 15.0. The van der Waals surface area contributed by atoms with Crippen LogP contribution >= 0.6 is 0 Å². The third-order valence-electron chi connectivity index (χ3n) is 9.51. The predicted octanol–water partition coefficient (Wildman–Crippen LogP) is 9.12. The highest BCUT2D eigenvalue weighted by Crippen LogP contribution is 2.43. The molecule has 0 spiro atoms. The van der Waals surface area contributed by atoms with Gasteiger partial charge in [-0.3, -0.25) is 0 Å². The molecule has 6 nitrogen and oxygen atoms in total. The summed E-state index contributed by atoms with van der Waals surface area (Å²) in [5.41, 5.74) is 1.14. The molecule has 0 bridgehead atoms. The van der Waals surface area contributed by atoms with Gasteiger partial charge in [0.1, 0.15) is 11.5 Å². The van der Waals surface area contributed by atoms with Gasteiger partial charge in [-0.1, -0.05) is 108 Å². The third-order valence-corrected chi connectivity index (χ3v) is 9.51. The van der Waals surface area contributed by atoms with Crippen molar-refractivity contribution >= 4 is 33.5 Å². The van der Waals surface area contributed by atoms with Gasteiger partial charge in [0, 0.05) is 21.5 Å². The maximum absolute atomic E-state index is 12.9. The van der Waals surface area contributed by atoms with E-state index in [1.54, 1.807) is 0 Å². The normalized spacial score (nSPS) is 17.7. The van der Waals surface area contributed by atoms with Crippen molar-refractivity contribution in [2.45, 2.75) is 116 Å². The van der Waals surface area contributed by atoms with Crippen LogP contribution in [0.3, 0.4) is 0 Å². The van der Waals surface area contributed by atoms with Crippen LogP contribution in [0.4, 0.5) is 0 Å². The van der Waals surface area contributed by atoms with Crippen LogP contribution in [0.15, 0.2) is 42.5 Å². The molecule has 2 aliphatic carbocycles. The van der Waals surface area contributed by atoms with Gasteiger partial charge >= 0.3 is 11.9 Å². The summed E-state index contributed by atoms with van der Waals surface area (Å²) in [4.78, 5) is 25.8. The Morgan fingerprint density at radius 3 is 1.59 bits per heavy atom. The number of carbonyl (C=O) groups excluding carboxylic acids is 2. The van der Waals surface area contributed by atoms with Gasteiger partial charge in [0.25, 0.3) is 0 Å². The number of benzene rings is 3. The van der Waals surface area contributed by atoms with Crippen molar-refractivity contribution in [2.75, 3.05) is 13.2 Å². The van der Waals surface area contributed by atoms with Crippen molar-refractivity contribution in [3.8, 4) is 11.5 Å². The summed E-state index contributed by atoms with van der Waals surface area (Å²) in [5.74, 6) is 1.80. The van der Waals surface area contributed by atoms with Gasteiger partial charge in [-0.2, -0.15) is 0 Å². The molecule has 0 aliphatic heterocycles. The van der Waals surface area contributed by atoms with E-state index in [0.29, 0.717) is 23.3 Å². The van der Waals surface area contributed by atoms with E-state index >= 15 is 0 Å². The largest absolute Gasteiger partial charge is 0.481 e. The topological polar surface area (TPSA) is 71.1 Å². The van der Waals surface area contributed by atoms with E-state index in [1.807, 2.05) is 44.2 Å². The van der Waals surface area contributed by atoms with Crippen LogP contribution in [0.25, 0.3) is 21.5 Å². The fourth-order valence-corrected chi connectivity index (χ4v) is 7.34. The van der Waals surface area contributed by atoms with E-state index < -0.39 is 0 Å². The van der Waals surface area contributed by atoms with Crippen LogP contribution < -0.4 is 9.47 Å². The highest BCUT2D eigenvalue weighted by Gasteiger charge is 2.23.